The molecule has 2 fully saturated rings. The summed E-state index contributed by atoms with van der Waals surface area (Å²) in [5, 5.41) is 3.28. The number of benzene rings is 2. The summed E-state index contributed by atoms with van der Waals surface area (Å²) in [5.74, 6) is 1.20. The molecular weight excluding hydrogens is 444 g/mol. The molecule has 9 heteroatoms. The van der Waals surface area contributed by atoms with Gasteiger partial charge in [0.15, 0.2) is 0 Å². The number of hydrogen-bond acceptors (Lipinski definition) is 8. The van der Waals surface area contributed by atoms with Crippen LogP contribution in [0.1, 0.15) is 13.3 Å². The Hall–Kier alpha value is -3.85. The van der Waals surface area contributed by atoms with Gasteiger partial charge in [-0.3, -0.25) is 4.79 Å². The van der Waals surface area contributed by atoms with Crippen molar-refractivity contribution in [3.05, 3.63) is 54.7 Å². The number of hydrogen-bond donors (Lipinski definition) is 2. The molecule has 2 saturated heterocycles. The minimum atomic E-state index is -0.0449. The SMILES string of the molecule is CC(=O)N1CCC(Oc2ccc(-c3ccnc(Nc4ccc(N5CCOCC5)cc4)n3)cc2N)C1. The number of nitrogens with zero attached hydrogens (tertiary/aromatic N) is 4. The molecule has 3 aromatic rings. The van der Waals surface area contributed by atoms with Crippen molar-refractivity contribution < 1.29 is 14.3 Å². The third kappa shape index (κ3) is 5.46. The second-order valence-corrected chi connectivity index (χ2v) is 8.78. The average Bonchev–Trinajstić information content (AvgIpc) is 3.36. The quantitative estimate of drug-likeness (QED) is 0.524. The Balaban J connectivity index is 1.24. The number of anilines is 4. The largest absolute Gasteiger partial charge is 0.486 e. The minimum Gasteiger partial charge on any atom is -0.486 e. The maximum atomic E-state index is 11.6. The molecule has 1 amide bonds. The van der Waals surface area contributed by atoms with Crippen LogP contribution in [0.4, 0.5) is 23.0 Å². The van der Waals surface area contributed by atoms with Crippen LogP contribution in [0.15, 0.2) is 54.7 Å². The number of rotatable bonds is 6. The minimum absolute atomic E-state index is 0.0449. The van der Waals surface area contributed by atoms with Crippen LogP contribution in [0.3, 0.4) is 0 Å². The van der Waals surface area contributed by atoms with E-state index in [9.17, 15) is 4.79 Å². The van der Waals surface area contributed by atoms with E-state index in [1.54, 1.807) is 18.0 Å². The summed E-state index contributed by atoms with van der Waals surface area (Å²) in [6, 6.07) is 15.8. The first-order chi connectivity index (χ1) is 17.0. The molecule has 1 aromatic heterocycles. The van der Waals surface area contributed by atoms with Gasteiger partial charge in [-0.25, -0.2) is 9.97 Å². The number of amides is 1. The number of carbonyl (C=O) groups excluding carboxylic acids is 1. The predicted octanol–water partition coefficient (Wildman–Crippen LogP) is 3.31. The van der Waals surface area contributed by atoms with Gasteiger partial charge in [0, 0.05) is 56.1 Å². The van der Waals surface area contributed by atoms with Crippen molar-refractivity contribution in [1.82, 2.24) is 14.9 Å². The summed E-state index contributed by atoms with van der Waals surface area (Å²) in [6.45, 7) is 6.21. The highest BCUT2D eigenvalue weighted by atomic mass is 16.5. The van der Waals surface area contributed by atoms with Gasteiger partial charge in [0.2, 0.25) is 11.9 Å². The van der Waals surface area contributed by atoms with E-state index in [0.717, 1.165) is 49.7 Å². The van der Waals surface area contributed by atoms with E-state index in [2.05, 4.69) is 32.3 Å². The van der Waals surface area contributed by atoms with E-state index in [1.807, 2.05) is 36.4 Å². The molecule has 5 rings (SSSR count). The van der Waals surface area contributed by atoms with E-state index < -0.39 is 0 Å². The van der Waals surface area contributed by atoms with Gasteiger partial charge in [-0.2, -0.15) is 0 Å². The van der Waals surface area contributed by atoms with E-state index in [-0.39, 0.29) is 12.0 Å². The summed E-state index contributed by atoms with van der Waals surface area (Å²) >= 11 is 0. The van der Waals surface area contributed by atoms with Crippen LogP contribution in [0.2, 0.25) is 0 Å². The predicted molar refractivity (Wildman–Crippen MR) is 136 cm³/mol. The van der Waals surface area contributed by atoms with Crippen molar-refractivity contribution in [1.29, 1.82) is 0 Å². The smallest absolute Gasteiger partial charge is 0.227 e. The molecule has 1 atom stereocenters. The fraction of sp³-hybridized carbons (Fsp3) is 0.346. The maximum Gasteiger partial charge on any atom is 0.227 e. The molecule has 2 aromatic carbocycles. The fourth-order valence-electron chi connectivity index (χ4n) is 4.39. The topological polar surface area (TPSA) is 106 Å². The van der Waals surface area contributed by atoms with Crippen molar-refractivity contribution >= 4 is 28.9 Å². The standard InChI is InChI=1S/C26H30N6O3/c1-18(33)32-11-9-22(17-32)35-25-7-2-19(16-23(25)27)24-8-10-28-26(30-24)29-20-3-5-21(6-4-20)31-12-14-34-15-13-31/h2-8,10,16,22H,9,11-15,17,27H2,1H3,(H,28,29,30). The van der Waals surface area contributed by atoms with Gasteiger partial charge in [-0.05, 0) is 48.5 Å². The van der Waals surface area contributed by atoms with Crippen LogP contribution in [0.25, 0.3) is 11.3 Å². The van der Waals surface area contributed by atoms with Crippen molar-refractivity contribution in [2.24, 2.45) is 0 Å². The zero-order valence-corrected chi connectivity index (χ0v) is 19.8. The van der Waals surface area contributed by atoms with E-state index >= 15 is 0 Å². The molecular formula is C26H30N6O3. The maximum absolute atomic E-state index is 11.6. The molecule has 182 valence electrons. The normalized spacial score (nSPS) is 17.9. The summed E-state index contributed by atoms with van der Waals surface area (Å²) in [6.07, 6.45) is 2.48. The number of ether oxygens (including phenoxy) is 2. The van der Waals surface area contributed by atoms with Crippen LogP contribution < -0.4 is 20.7 Å². The van der Waals surface area contributed by atoms with Crippen molar-refractivity contribution in [3.8, 4) is 17.0 Å². The van der Waals surface area contributed by atoms with E-state index in [0.29, 0.717) is 30.5 Å². The van der Waals surface area contributed by atoms with Gasteiger partial charge in [-0.15, -0.1) is 0 Å². The first-order valence-electron chi connectivity index (χ1n) is 11.9. The Kier molecular flexibility index (Phi) is 6.67. The summed E-state index contributed by atoms with van der Waals surface area (Å²) in [4.78, 5) is 24.7. The molecule has 0 spiro atoms. The zero-order valence-electron chi connectivity index (χ0n) is 19.8. The van der Waals surface area contributed by atoms with Gasteiger partial charge in [0.1, 0.15) is 11.9 Å². The van der Waals surface area contributed by atoms with Crippen molar-refractivity contribution in [2.45, 2.75) is 19.4 Å². The lowest BCUT2D eigenvalue weighted by Gasteiger charge is -2.28. The number of aromatic nitrogens is 2. The van der Waals surface area contributed by atoms with E-state index in [1.165, 1.54) is 5.69 Å². The second-order valence-electron chi connectivity index (χ2n) is 8.78. The van der Waals surface area contributed by atoms with E-state index in [4.69, 9.17) is 15.2 Å². The second kappa shape index (κ2) is 10.2. The first-order valence-corrected chi connectivity index (χ1v) is 11.9. The molecule has 0 radical (unpaired) electrons. The Morgan fingerprint density at radius 3 is 2.63 bits per heavy atom. The summed E-state index contributed by atoms with van der Waals surface area (Å²) in [5.41, 5.74) is 10.6. The van der Waals surface area contributed by atoms with Crippen LogP contribution >= 0.6 is 0 Å². The lowest BCUT2D eigenvalue weighted by molar-refractivity contribution is -0.128. The Bertz CT molecular complexity index is 1180. The van der Waals surface area contributed by atoms with Gasteiger partial charge in [-0.1, -0.05) is 0 Å². The number of nitrogens with one attached hydrogen (secondary N) is 1. The monoisotopic (exact) mass is 474 g/mol. The number of likely N-dealkylation sites (tertiary alicyclic amines) is 1. The number of nitrogens with two attached hydrogens (primary N) is 1. The third-order valence-corrected chi connectivity index (χ3v) is 6.34. The summed E-state index contributed by atoms with van der Waals surface area (Å²) < 4.78 is 11.5. The molecule has 35 heavy (non-hydrogen) atoms. The summed E-state index contributed by atoms with van der Waals surface area (Å²) in [7, 11) is 0. The molecule has 1 unspecified atom stereocenters. The highest BCUT2D eigenvalue weighted by Crippen LogP contribution is 2.30. The number of nitrogen functional groups attached to an aromatic ring is 1. The van der Waals surface area contributed by atoms with Gasteiger partial charge in [0.25, 0.3) is 0 Å². The molecule has 0 saturated carbocycles. The highest BCUT2D eigenvalue weighted by Gasteiger charge is 2.26. The molecule has 9 nitrogen and oxygen atoms in total. The number of carbonyl (C=O) groups is 1. The first kappa shape index (κ1) is 22.9. The van der Waals surface area contributed by atoms with Crippen LogP contribution in [-0.2, 0) is 9.53 Å². The average molecular weight is 475 g/mol. The third-order valence-electron chi connectivity index (χ3n) is 6.34. The van der Waals surface area contributed by atoms with Crippen molar-refractivity contribution in [3.63, 3.8) is 0 Å². The van der Waals surface area contributed by atoms with Gasteiger partial charge in [0.05, 0.1) is 31.1 Å². The Morgan fingerprint density at radius 2 is 1.91 bits per heavy atom. The van der Waals surface area contributed by atoms with Crippen molar-refractivity contribution in [2.75, 3.05) is 55.3 Å². The van der Waals surface area contributed by atoms with Gasteiger partial charge < -0.3 is 30.3 Å². The molecule has 2 aliphatic rings. The van der Waals surface area contributed by atoms with Crippen LogP contribution in [0.5, 0.6) is 5.75 Å². The molecule has 2 aliphatic heterocycles. The Labute approximate surface area is 204 Å². The molecule has 3 N–H and O–H groups in total. The van der Waals surface area contributed by atoms with Crippen LogP contribution in [-0.4, -0.2) is 66.3 Å². The zero-order chi connectivity index (χ0) is 24.2. The Morgan fingerprint density at radius 1 is 1.11 bits per heavy atom. The van der Waals surface area contributed by atoms with Gasteiger partial charge >= 0.3 is 0 Å². The highest BCUT2D eigenvalue weighted by molar-refractivity contribution is 5.73. The lowest BCUT2D eigenvalue weighted by Crippen LogP contribution is -2.36. The molecule has 3 heterocycles. The fourth-order valence-corrected chi connectivity index (χ4v) is 4.39. The van der Waals surface area contributed by atoms with Crippen LogP contribution in [0, 0.1) is 0 Å². The number of morpholine rings is 1. The lowest BCUT2D eigenvalue weighted by atomic mass is 10.1. The molecule has 0 bridgehead atoms. The molecule has 0 aliphatic carbocycles.